The molecular weight excluding hydrogens is 220 g/mol. The van der Waals surface area contributed by atoms with Gasteiger partial charge in [-0.1, -0.05) is 20.8 Å². The molecule has 0 aliphatic heterocycles. The highest BCUT2D eigenvalue weighted by Gasteiger charge is 2.25. The lowest BCUT2D eigenvalue weighted by atomic mass is 9.92. The lowest BCUT2D eigenvalue weighted by Gasteiger charge is -2.25. The monoisotopic (exact) mass is 246 g/mol. The molecule has 0 bridgehead atoms. The van der Waals surface area contributed by atoms with Crippen molar-refractivity contribution in [3.8, 4) is 0 Å². The molecule has 3 nitrogen and oxygen atoms in total. The maximum Gasteiger partial charge on any atom is 0.224 e. The van der Waals surface area contributed by atoms with E-state index in [1.165, 1.54) is 0 Å². The maximum atomic E-state index is 11.1. The van der Waals surface area contributed by atoms with Gasteiger partial charge in [0, 0.05) is 23.1 Å². The minimum absolute atomic E-state index is 0.254. The van der Waals surface area contributed by atoms with Crippen molar-refractivity contribution < 1.29 is 4.79 Å². The van der Waals surface area contributed by atoms with E-state index < -0.39 is 5.41 Å². The third-order valence-electron chi connectivity index (χ3n) is 2.33. The maximum absolute atomic E-state index is 11.1. The van der Waals surface area contributed by atoms with Gasteiger partial charge in [-0.15, -0.1) is 0 Å². The highest BCUT2D eigenvalue weighted by Crippen LogP contribution is 2.23. The number of rotatable bonds is 6. The summed E-state index contributed by atoms with van der Waals surface area (Å²) in [6.07, 6.45) is 0. The lowest BCUT2D eigenvalue weighted by Crippen LogP contribution is -2.44. The molecule has 0 saturated heterocycles. The molecule has 16 heavy (non-hydrogen) atoms. The summed E-state index contributed by atoms with van der Waals surface area (Å²) in [7, 11) is 0. The van der Waals surface area contributed by atoms with Crippen molar-refractivity contribution in [1.82, 2.24) is 5.32 Å². The fraction of sp³-hybridized carbons (Fsp3) is 0.917. The van der Waals surface area contributed by atoms with Gasteiger partial charge in [0.2, 0.25) is 5.91 Å². The van der Waals surface area contributed by atoms with Crippen molar-refractivity contribution in [2.45, 2.75) is 52.3 Å². The average molecular weight is 246 g/mol. The Balaban J connectivity index is 3.90. The summed E-state index contributed by atoms with van der Waals surface area (Å²) < 4.78 is 0.287. The molecule has 0 spiro atoms. The molecule has 1 atom stereocenters. The molecule has 3 N–H and O–H groups in total. The van der Waals surface area contributed by atoms with E-state index in [-0.39, 0.29) is 10.7 Å². The number of hydrogen-bond acceptors (Lipinski definition) is 3. The van der Waals surface area contributed by atoms with Crippen LogP contribution in [-0.4, -0.2) is 29.0 Å². The van der Waals surface area contributed by atoms with E-state index >= 15 is 0 Å². The number of nitrogens with two attached hydrogens (primary N) is 1. The highest BCUT2D eigenvalue weighted by molar-refractivity contribution is 8.00. The summed E-state index contributed by atoms with van der Waals surface area (Å²) in [6.45, 7) is 13.1. The predicted molar refractivity (Wildman–Crippen MR) is 72.7 cm³/mol. The fourth-order valence-electron chi connectivity index (χ4n) is 0.950. The lowest BCUT2D eigenvalue weighted by molar-refractivity contribution is -0.125. The summed E-state index contributed by atoms with van der Waals surface area (Å²) >= 11 is 1.92. The van der Waals surface area contributed by atoms with Gasteiger partial charge in [-0.25, -0.2) is 0 Å². The van der Waals surface area contributed by atoms with Gasteiger partial charge in [0.05, 0.1) is 5.41 Å². The van der Waals surface area contributed by atoms with E-state index in [4.69, 9.17) is 5.73 Å². The van der Waals surface area contributed by atoms with Crippen LogP contribution in [0.2, 0.25) is 0 Å². The third-order valence-corrected chi connectivity index (χ3v) is 3.86. The second-order valence-corrected chi connectivity index (χ2v) is 7.80. The van der Waals surface area contributed by atoms with E-state index in [2.05, 4.69) is 33.0 Å². The molecule has 4 heteroatoms. The largest absolute Gasteiger partial charge is 0.369 e. The van der Waals surface area contributed by atoms with Gasteiger partial charge in [0.15, 0.2) is 0 Å². The summed E-state index contributed by atoms with van der Waals surface area (Å²) in [4.78, 5) is 11.1. The first kappa shape index (κ1) is 15.8. The molecule has 0 aromatic rings. The number of amides is 1. The van der Waals surface area contributed by atoms with Crippen molar-refractivity contribution in [3.63, 3.8) is 0 Å². The molecule has 0 saturated carbocycles. The van der Waals surface area contributed by atoms with Crippen LogP contribution in [0.4, 0.5) is 0 Å². The van der Waals surface area contributed by atoms with Crippen molar-refractivity contribution in [3.05, 3.63) is 0 Å². The number of carbonyl (C=O) groups is 1. The van der Waals surface area contributed by atoms with Crippen LogP contribution in [0, 0.1) is 5.41 Å². The predicted octanol–water partition coefficient (Wildman–Crippen LogP) is 2.01. The molecule has 0 aliphatic carbocycles. The average Bonchev–Trinajstić information content (AvgIpc) is 2.10. The zero-order valence-electron chi connectivity index (χ0n) is 11.4. The molecule has 0 aliphatic rings. The van der Waals surface area contributed by atoms with Crippen molar-refractivity contribution in [2.75, 3.05) is 12.3 Å². The van der Waals surface area contributed by atoms with Crippen molar-refractivity contribution in [1.29, 1.82) is 0 Å². The van der Waals surface area contributed by atoms with E-state index in [1.807, 2.05) is 25.6 Å². The second kappa shape index (κ2) is 5.92. The molecule has 0 radical (unpaired) electrons. The standard InChI is InChI=1S/C12H26N2OS/c1-9(7-16-11(2,3)4)14-8-12(5,6)10(13)15/h9,14H,7-8H2,1-6H3,(H2,13,15). The van der Waals surface area contributed by atoms with Crippen LogP contribution >= 0.6 is 11.8 Å². The molecule has 1 unspecified atom stereocenters. The molecule has 0 aromatic carbocycles. The first-order valence-electron chi connectivity index (χ1n) is 5.72. The summed E-state index contributed by atoms with van der Waals surface area (Å²) in [5, 5.41) is 3.36. The molecule has 0 rings (SSSR count). The van der Waals surface area contributed by atoms with Crippen LogP contribution in [0.3, 0.4) is 0 Å². The topological polar surface area (TPSA) is 55.1 Å². The van der Waals surface area contributed by atoms with Crippen molar-refractivity contribution >= 4 is 17.7 Å². The van der Waals surface area contributed by atoms with Crippen LogP contribution in [0.1, 0.15) is 41.5 Å². The molecule has 0 fully saturated rings. The minimum Gasteiger partial charge on any atom is -0.369 e. The Labute approximate surface area is 104 Å². The molecule has 0 heterocycles. The van der Waals surface area contributed by atoms with E-state index in [1.54, 1.807) is 0 Å². The van der Waals surface area contributed by atoms with Gasteiger partial charge < -0.3 is 11.1 Å². The zero-order valence-corrected chi connectivity index (χ0v) is 12.2. The zero-order chi connectivity index (χ0) is 13.0. The Hall–Kier alpha value is -0.220. The Kier molecular flexibility index (Phi) is 5.84. The van der Waals surface area contributed by atoms with E-state index in [0.717, 1.165) is 5.75 Å². The molecule has 96 valence electrons. The SMILES string of the molecule is CC(CSC(C)(C)C)NCC(C)(C)C(N)=O. The van der Waals surface area contributed by atoms with E-state index in [0.29, 0.717) is 12.6 Å². The molecule has 0 aromatic heterocycles. The summed E-state index contributed by atoms with van der Waals surface area (Å²) in [5.41, 5.74) is 4.84. The van der Waals surface area contributed by atoms with Crippen LogP contribution < -0.4 is 11.1 Å². The van der Waals surface area contributed by atoms with Crippen LogP contribution in [0.5, 0.6) is 0 Å². The Bertz CT molecular complexity index is 234. The number of hydrogen-bond donors (Lipinski definition) is 2. The van der Waals surface area contributed by atoms with Gasteiger partial charge >= 0.3 is 0 Å². The number of thioether (sulfide) groups is 1. The fourth-order valence-corrected chi connectivity index (χ4v) is 1.82. The Morgan fingerprint density at radius 3 is 2.19 bits per heavy atom. The first-order valence-corrected chi connectivity index (χ1v) is 6.70. The summed E-state index contributed by atoms with van der Waals surface area (Å²) in [6, 6.07) is 0.392. The Morgan fingerprint density at radius 2 is 1.81 bits per heavy atom. The van der Waals surface area contributed by atoms with Gasteiger partial charge in [-0.3, -0.25) is 4.79 Å². The van der Waals surface area contributed by atoms with Crippen LogP contribution in [-0.2, 0) is 4.79 Å². The minimum atomic E-state index is -0.472. The van der Waals surface area contributed by atoms with Crippen molar-refractivity contribution in [2.24, 2.45) is 11.1 Å². The Morgan fingerprint density at radius 1 is 1.31 bits per heavy atom. The van der Waals surface area contributed by atoms with Crippen LogP contribution in [0.15, 0.2) is 0 Å². The van der Waals surface area contributed by atoms with Gasteiger partial charge in [0.1, 0.15) is 0 Å². The van der Waals surface area contributed by atoms with E-state index in [9.17, 15) is 4.79 Å². The quantitative estimate of drug-likeness (QED) is 0.754. The highest BCUT2D eigenvalue weighted by atomic mass is 32.2. The smallest absolute Gasteiger partial charge is 0.224 e. The van der Waals surface area contributed by atoms with Gasteiger partial charge in [0.25, 0.3) is 0 Å². The number of primary amides is 1. The first-order chi connectivity index (χ1) is 7.04. The van der Waals surface area contributed by atoms with Crippen LogP contribution in [0.25, 0.3) is 0 Å². The normalized spacial score (nSPS) is 14.9. The van der Waals surface area contributed by atoms with Gasteiger partial charge in [-0.2, -0.15) is 11.8 Å². The summed E-state index contributed by atoms with van der Waals surface area (Å²) in [5.74, 6) is 0.786. The number of nitrogens with one attached hydrogen (secondary N) is 1. The molecular formula is C12H26N2OS. The molecule has 1 amide bonds. The third kappa shape index (κ3) is 7.12. The number of carbonyl (C=O) groups excluding carboxylic acids is 1. The second-order valence-electron chi connectivity index (χ2n) is 5.95. The van der Waals surface area contributed by atoms with Gasteiger partial charge in [-0.05, 0) is 20.8 Å².